The second-order valence-electron chi connectivity index (χ2n) is 3.76. The third-order valence-corrected chi connectivity index (χ3v) is 1.35. The molecule has 0 aromatic rings. The van der Waals surface area contributed by atoms with Gasteiger partial charge in [0.1, 0.15) is 6.04 Å². The Morgan fingerprint density at radius 3 is 2.25 bits per heavy atom. The van der Waals surface area contributed by atoms with E-state index in [1.807, 2.05) is 20.8 Å². The van der Waals surface area contributed by atoms with E-state index in [-0.39, 0.29) is 18.1 Å². The van der Waals surface area contributed by atoms with Crippen molar-refractivity contribution in [3.63, 3.8) is 0 Å². The highest BCUT2D eigenvalue weighted by Crippen LogP contribution is 1.98. The van der Waals surface area contributed by atoms with Gasteiger partial charge < -0.3 is 15.7 Å². The molecule has 0 saturated heterocycles. The molecule has 3 N–H and O–H groups in total. The molecule has 1 atom stereocenters. The zero-order valence-electron chi connectivity index (χ0n) is 8.14. The third kappa shape index (κ3) is 4.31. The van der Waals surface area contributed by atoms with Crippen LogP contribution in [0.4, 0.5) is 0 Å². The smallest absolute Gasteiger partial charge is 0.239 e. The second-order valence-corrected chi connectivity index (χ2v) is 3.76. The molecular weight excluding hydrogens is 156 g/mol. The number of carbonyl (C=O) groups is 1. The summed E-state index contributed by atoms with van der Waals surface area (Å²) in [6.07, 6.45) is 0. The van der Waals surface area contributed by atoms with E-state index >= 15 is 0 Å². The van der Waals surface area contributed by atoms with E-state index in [0.717, 1.165) is 0 Å². The van der Waals surface area contributed by atoms with Crippen molar-refractivity contribution in [1.29, 1.82) is 0 Å². The van der Waals surface area contributed by atoms with Crippen molar-refractivity contribution in [1.82, 2.24) is 10.6 Å². The number of rotatable bonds is 3. The maximum absolute atomic E-state index is 11.3. The van der Waals surface area contributed by atoms with Gasteiger partial charge in [0.15, 0.2) is 0 Å². The van der Waals surface area contributed by atoms with Crippen LogP contribution in [0.15, 0.2) is 0 Å². The van der Waals surface area contributed by atoms with Crippen molar-refractivity contribution in [2.75, 3.05) is 13.7 Å². The zero-order valence-corrected chi connectivity index (χ0v) is 8.14. The fourth-order valence-corrected chi connectivity index (χ4v) is 0.762. The van der Waals surface area contributed by atoms with Crippen molar-refractivity contribution < 1.29 is 9.90 Å². The highest BCUT2D eigenvalue weighted by atomic mass is 16.3. The van der Waals surface area contributed by atoms with E-state index in [4.69, 9.17) is 5.11 Å². The lowest BCUT2D eigenvalue weighted by Gasteiger charge is -2.23. The van der Waals surface area contributed by atoms with Crippen molar-refractivity contribution in [3.05, 3.63) is 0 Å². The van der Waals surface area contributed by atoms with Gasteiger partial charge in [0.25, 0.3) is 0 Å². The van der Waals surface area contributed by atoms with Gasteiger partial charge in [0.2, 0.25) is 5.91 Å². The molecule has 0 saturated carbocycles. The second kappa shape index (κ2) is 4.42. The van der Waals surface area contributed by atoms with Gasteiger partial charge in [0.05, 0.1) is 6.61 Å². The van der Waals surface area contributed by atoms with Crippen LogP contribution in [0.25, 0.3) is 0 Å². The van der Waals surface area contributed by atoms with E-state index in [1.165, 1.54) is 0 Å². The molecular formula is C8H18N2O2. The molecule has 0 aliphatic rings. The van der Waals surface area contributed by atoms with Gasteiger partial charge in [-0.25, -0.2) is 0 Å². The number of amides is 1. The Morgan fingerprint density at radius 1 is 1.50 bits per heavy atom. The number of aliphatic hydroxyl groups excluding tert-OH is 1. The predicted molar refractivity (Wildman–Crippen MR) is 47.8 cm³/mol. The SMILES string of the molecule is CN[C@@H](CO)C(=O)NC(C)(C)C. The van der Waals surface area contributed by atoms with Crippen molar-refractivity contribution in [3.8, 4) is 0 Å². The summed E-state index contributed by atoms with van der Waals surface area (Å²) >= 11 is 0. The lowest BCUT2D eigenvalue weighted by Crippen LogP contribution is -2.51. The maximum atomic E-state index is 11.3. The first-order valence-corrected chi connectivity index (χ1v) is 4.01. The summed E-state index contributed by atoms with van der Waals surface area (Å²) in [5, 5.41) is 14.2. The van der Waals surface area contributed by atoms with Gasteiger partial charge in [-0.2, -0.15) is 0 Å². The molecule has 0 aliphatic carbocycles. The van der Waals surface area contributed by atoms with Crippen LogP contribution in [-0.4, -0.2) is 36.2 Å². The van der Waals surface area contributed by atoms with Crippen molar-refractivity contribution in [2.24, 2.45) is 0 Å². The molecule has 0 aromatic heterocycles. The molecule has 0 bridgehead atoms. The summed E-state index contributed by atoms with van der Waals surface area (Å²) in [6, 6.07) is -0.510. The molecule has 1 amide bonds. The van der Waals surface area contributed by atoms with Gasteiger partial charge in [-0.15, -0.1) is 0 Å². The molecule has 0 spiro atoms. The van der Waals surface area contributed by atoms with Crippen LogP contribution in [0.3, 0.4) is 0 Å². The Labute approximate surface area is 73.3 Å². The molecule has 4 nitrogen and oxygen atoms in total. The van der Waals surface area contributed by atoms with E-state index in [0.29, 0.717) is 0 Å². The topological polar surface area (TPSA) is 61.4 Å². The van der Waals surface area contributed by atoms with E-state index < -0.39 is 6.04 Å². The van der Waals surface area contributed by atoms with Gasteiger partial charge in [0, 0.05) is 5.54 Å². The third-order valence-electron chi connectivity index (χ3n) is 1.35. The maximum Gasteiger partial charge on any atom is 0.239 e. The fourth-order valence-electron chi connectivity index (χ4n) is 0.762. The molecule has 0 unspecified atom stereocenters. The van der Waals surface area contributed by atoms with Crippen molar-refractivity contribution >= 4 is 5.91 Å². The number of hydrogen-bond donors (Lipinski definition) is 3. The lowest BCUT2D eigenvalue weighted by atomic mass is 10.1. The van der Waals surface area contributed by atoms with Crippen molar-refractivity contribution in [2.45, 2.75) is 32.4 Å². The van der Waals surface area contributed by atoms with Gasteiger partial charge in [-0.05, 0) is 27.8 Å². The Balaban J connectivity index is 4.02. The number of likely N-dealkylation sites (N-methyl/N-ethyl adjacent to an activating group) is 1. The Hall–Kier alpha value is -0.610. The Bertz CT molecular complexity index is 148. The predicted octanol–water partition coefficient (Wildman–Crippen LogP) is -0.519. The summed E-state index contributed by atoms with van der Waals surface area (Å²) in [6.45, 7) is 5.51. The largest absolute Gasteiger partial charge is 0.394 e. The normalized spacial score (nSPS) is 14.1. The quantitative estimate of drug-likeness (QED) is 0.539. The molecule has 0 heterocycles. The first-order chi connectivity index (χ1) is 5.40. The molecule has 72 valence electrons. The standard InChI is InChI=1S/C8H18N2O2/c1-8(2,3)10-7(12)6(5-11)9-4/h6,9,11H,5H2,1-4H3,(H,10,12)/t6-/m0/s1. The monoisotopic (exact) mass is 174 g/mol. The highest BCUT2D eigenvalue weighted by molar-refractivity contribution is 5.82. The van der Waals surface area contributed by atoms with Crippen LogP contribution in [-0.2, 0) is 4.79 Å². The zero-order chi connectivity index (χ0) is 9.78. The summed E-state index contributed by atoms with van der Waals surface area (Å²) < 4.78 is 0. The van der Waals surface area contributed by atoms with Crippen LogP contribution < -0.4 is 10.6 Å². The van der Waals surface area contributed by atoms with Crippen LogP contribution in [0.5, 0.6) is 0 Å². The first kappa shape index (κ1) is 11.4. The van der Waals surface area contributed by atoms with Gasteiger partial charge >= 0.3 is 0 Å². The number of carbonyl (C=O) groups excluding carboxylic acids is 1. The van der Waals surface area contributed by atoms with Crippen LogP contribution in [0, 0.1) is 0 Å². The molecule has 0 radical (unpaired) electrons. The average molecular weight is 174 g/mol. The number of nitrogens with one attached hydrogen (secondary N) is 2. The molecule has 0 aliphatic heterocycles. The summed E-state index contributed by atoms with van der Waals surface area (Å²) in [7, 11) is 1.64. The summed E-state index contributed by atoms with van der Waals surface area (Å²) in [5.41, 5.74) is -0.249. The number of aliphatic hydroxyl groups is 1. The fraction of sp³-hybridized carbons (Fsp3) is 0.875. The molecule has 12 heavy (non-hydrogen) atoms. The Kier molecular flexibility index (Phi) is 4.20. The average Bonchev–Trinajstić information content (AvgIpc) is 1.85. The molecule has 0 fully saturated rings. The molecule has 0 aromatic carbocycles. The Morgan fingerprint density at radius 2 is 2.00 bits per heavy atom. The van der Waals surface area contributed by atoms with E-state index in [1.54, 1.807) is 7.05 Å². The van der Waals surface area contributed by atoms with E-state index in [9.17, 15) is 4.79 Å². The van der Waals surface area contributed by atoms with Crippen LogP contribution >= 0.6 is 0 Å². The highest BCUT2D eigenvalue weighted by Gasteiger charge is 2.20. The lowest BCUT2D eigenvalue weighted by molar-refractivity contribution is -0.125. The summed E-state index contributed by atoms with van der Waals surface area (Å²) in [4.78, 5) is 11.3. The number of hydrogen-bond acceptors (Lipinski definition) is 3. The minimum atomic E-state index is -0.510. The minimum Gasteiger partial charge on any atom is -0.394 e. The minimum absolute atomic E-state index is 0.174. The van der Waals surface area contributed by atoms with Gasteiger partial charge in [-0.1, -0.05) is 0 Å². The molecule has 0 rings (SSSR count). The molecule has 4 heteroatoms. The van der Waals surface area contributed by atoms with E-state index in [2.05, 4.69) is 10.6 Å². The van der Waals surface area contributed by atoms with Crippen LogP contribution in [0.2, 0.25) is 0 Å². The van der Waals surface area contributed by atoms with Crippen LogP contribution in [0.1, 0.15) is 20.8 Å². The van der Waals surface area contributed by atoms with Gasteiger partial charge in [-0.3, -0.25) is 4.79 Å². The summed E-state index contributed by atoms with van der Waals surface area (Å²) in [5.74, 6) is -0.174. The first-order valence-electron chi connectivity index (χ1n) is 4.01.